The molecule has 104 valence electrons. The maximum absolute atomic E-state index is 13.3. The predicted molar refractivity (Wildman–Crippen MR) is 71.4 cm³/mol. The fourth-order valence-corrected chi connectivity index (χ4v) is 2.52. The Bertz CT molecular complexity index is 432. The van der Waals surface area contributed by atoms with Gasteiger partial charge in [-0.3, -0.25) is 4.79 Å². The van der Waals surface area contributed by atoms with E-state index in [2.05, 4.69) is 22.2 Å². The molecule has 5 heteroatoms. The molecule has 1 amide bonds. The molecule has 0 spiro atoms. The number of aromatic nitrogens is 1. The lowest BCUT2D eigenvalue weighted by atomic mass is 10.2. The van der Waals surface area contributed by atoms with Crippen LogP contribution in [0.25, 0.3) is 0 Å². The molecule has 0 unspecified atom stereocenters. The number of halogens is 1. The van der Waals surface area contributed by atoms with E-state index in [0.717, 1.165) is 6.54 Å². The smallest absolute Gasteiger partial charge is 0.255 e. The van der Waals surface area contributed by atoms with Gasteiger partial charge in [0.15, 0.2) is 0 Å². The summed E-state index contributed by atoms with van der Waals surface area (Å²) < 4.78 is 13.3. The van der Waals surface area contributed by atoms with Crippen LogP contribution in [0.5, 0.6) is 0 Å². The molecule has 1 heterocycles. The standard InChI is InChI=1S/C14H20FN3O/c1-18(11-5-2-3-6-11)10-9-17-14(19)12-7-4-8-16-13(12)15/h4,7-8,11H,2-3,5-6,9-10H2,1H3,(H,17,19). The van der Waals surface area contributed by atoms with Gasteiger partial charge in [0.1, 0.15) is 0 Å². The second kappa shape index (κ2) is 6.61. The number of nitrogens with one attached hydrogen (secondary N) is 1. The number of rotatable bonds is 5. The van der Waals surface area contributed by atoms with E-state index in [-0.39, 0.29) is 5.56 Å². The van der Waals surface area contributed by atoms with Gasteiger partial charge < -0.3 is 10.2 Å². The number of hydrogen-bond acceptors (Lipinski definition) is 3. The molecule has 0 radical (unpaired) electrons. The third kappa shape index (κ3) is 3.73. The van der Waals surface area contributed by atoms with E-state index in [1.54, 1.807) is 6.07 Å². The van der Waals surface area contributed by atoms with Gasteiger partial charge in [-0.05, 0) is 32.0 Å². The monoisotopic (exact) mass is 265 g/mol. The fourth-order valence-electron chi connectivity index (χ4n) is 2.52. The zero-order valence-corrected chi connectivity index (χ0v) is 11.2. The minimum Gasteiger partial charge on any atom is -0.351 e. The van der Waals surface area contributed by atoms with Crippen LogP contribution >= 0.6 is 0 Å². The highest BCUT2D eigenvalue weighted by Crippen LogP contribution is 2.21. The minimum atomic E-state index is -0.718. The molecule has 1 aromatic rings. The molecule has 2 rings (SSSR count). The molecule has 4 nitrogen and oxygen atoms in total. The van der Waals surface area contributed by atoms with Gasteiger partial charge in [0.2, 0.25) is 5.95 Å². The van der Waals surface area contributed by atoms with Gasteiger partial charge in [0.25, 0.3) is 5.91 Å². The van der Waals surface area contributed by atoms with Crippen LogP contribution in [0.3, 0.4) is 0 Å². The van der Waals surface area contributed by atoms with Crippen molar-refractivity contribution < 1.29 is 9.18 Å². The molecule has 1 N–H and O–H groups in total. The summed E-state index contributed by atoms with van der Waals surface area (Å²) in [7, 11) is 2.08. The van der Waals surface area contributed by atoms with Crippen LogP contribution in [0.2, 0.25) is 0 Å². The van der Waals surface area contributed by atoms with Crippen molar-refractivity contribution in [2.24, 2.45) is 0 Å². The highest BCUT2D eigenvalue weighted by Gasteiger charge is 2.19. The van der Waals surface area contributed by atoms with Crippen molar-refractivity contribution in [1.82, 2.24) is 15.2 Å². The van der Waals surface area contributed by atoms with Gasteiger partial charge in [0, 0.05) is 25.3 Å². The Balaban J connectivity index is 1.76. The summed E-state index contributed by atoms with van der Waals surface area (Å²) in [6.07, 6.45) is 6.40. The Morgan fingerprint density at radius 3 is 2.95 bits per heavy atom. The third-order valence-corrected chi connectivity index (χ3v) is 3.70. The number of hydrogen-bond donors (Lipinski definition) is 1. The number of carbonyl (C=O) groups is 1. The SMILES string of the molecule is CN(CCNC(=O)c1cccnc1F)C1CCCC1. The maximum atomic E-state index is 13.3. The molecule has 0 saturated heterocycles. The van der Waals surface area contributed by atoms with Crippen LogP contribution in [0.1, 0.15) is 36.0 Å². The van der Waals surface area contributed by atoms with Crippen molar-refractivity contribution in [1.29, 1.82) is 0 Å². The Kier molecular flexibility index (Phi) is 4.85. The topological polar surface area (TPSA) is 45.2 Å². The Morgan fingerprint density at radius 2 is 2.26 bits per heavy atom. The molecule has 19 heavy (non-hydrogen) atoms. The van der Waals surface area contributed by atoms with Crippen molar-refractivity contribution in [3.63, 3.8) is 0 Å². The van der Waals surface area contributed by atoms with Crippen molar-refractivity contribution >= 4 is 5.91 Å². The molecule has 1 aromatic heterocycles. The lowest BCUT2D eigenvalue weighted by molar-refractivity contribution is 0.0942. The normalized spacial score (nSPS) is 15.9. The number of nitrogens with zero attached hydrogens (tertiary/aromatic N) is 2. The average molecular weight is 265 g/mol. The predicted octanol–water partition coefficient (Wildman–Crippen LogP) is 1.82. The largest absolute Gasteiger partial charge is 0.351 e. The van der Waals surface area contributed by atoms with Gasteiger partial charge in [-0.15, -0.1) is 0 Å². The van der Waals surface area contributed by atoms with E-state index in [9.17, 15) is 9.18 Å². The van der Waals surface area contributed by atoms with Gasteiger partial charge in [-0.25, -0.2) is 4.98 Å². The number of amides is 1. The molecule has 0 aliphatic heterocycles. The van der Waals surface area contributed by atoms with Gasteiger partial charge in [0.05, 0.1) is 5.56 Å². The first-order valence-corrected chi connectivity index (χ1v) is 6.77. The summed E-state index contributed by atoms with van der Waals surface area (Å²) in [5.41, 5.74) is 0.00557. The highest BCUT2D eigenvalue weighted by atomic mass is 19.1. The quantitative estimate of drug-likeness (QED) is 0.826. The summed E-state index contributed by atoms with van der Waals surface area (Å²) in [6, 6.07) is 3.63. The van der Waals surface area contributed by atoms with Crippen molar-refractivity contribution in [3.8, 4) is 0 Å². The first-order valence-electron chi connectivity index (χ1n) is 6.77. The summed E-state index contributed by atoms with van der Waals surface area (Å²) in [6.45, 7) is 1.32. The maximum Gasteiger partial charge on any atom is 0.255 e. The van der Waals surface area contributed by atoms with Crippen molar-refractivity contribution in [3.05, 3.63) is 29.8 Å². The molecule has 1 aliphatic carbocycles. The van der Waals surface area contributed by atoms with Crippen LogP contribution in [0, 0.1) is 5.95 Å². The first-order chi connectivity index (χ1) is 9.18. The van der Waals surface area contributed by atoms with Crippen molar-refractivity contribution in [2.45, 2.75) is 31.7 Å². The summed E-state index contributed by atoms with van der Waals surface area (Å²) in [5, 5.41) is 2.73. The van der Waals surface area contributed by atoms with Gasteiger partial charge in [-0.2, -0.15) is 4.39 Å². The van der Waals surface area contributed by atoms with Crippen LogP contribution < -0.4 is 5.32 Å². The zero-order valence-electron chi connectivity index (χ0n) is 11.2. The number of carbonyl (C=O) groups excluding carboxylic acids is 1. The van der Waals surface area contributed by atoms with Gasteiger partial charge >= 0.3 is 0 Å². The lowest BCUT2D eigenvalue weighted by Gasteiger charge is -2.23. The Hall–Kier alpha value is -1.49. The molecule has 1 saturated carbocycles. The molecular weight excluding hydrogens is 245 g/mol. The lowest BCUT2D eigenvalue weighted by Crippen LogP contribution is -2.37. The Morgan fingerprint density at radius 1 is 1.53 bits per heavy atom. The van der Waals surface area contributed by atoms with E-state index in [0.29, 0.717) is 12.6 Å². The second-order valence-electron chi connectivity index (χ2n) is 5.02. The van der Waals surface area contributed by atoms with Crippen LogP contribution in [0.4, 0.5) is 4.39 Å². The molecule has 1 aliphatic rings. The second-order valence-corrected chi connectivity index (χ2v) is 5.02. The van der Waals surface area contributed by atoms with Crippen LogP contribution in [-0.4, -0.2) is 42.0 Å². The minimum absolute atomic E-state index is 0.00557. The van der Waals surface area contributed by atoms with Crippen LogP contribution in [-0.2, 0) is 0 Å². The number of likely N-dealkylation sites (N-methyl/N-ethyl adjacent to an activating group) is 1. The van der Waals surface area contributed by atoms with E-state index < -0.39 is 11.9 Å². The fraction of sp³-hybridized carbons (Fsp3) is 0.571. The average Bonchev–Trinajstić information content (AvgIpc) is 2.93. The summed E-state index contributed by atoms with van der Waals surface area (Å²) >= 11 is 0. The highest BCUT2D eigenvalue weighted by molar-refractivity contribution is 5.94. The van der Waals surface area contributed by atoms with Gasteiger partial charge in [-0.1, -0.05) is 12.8 Å². The van der Waals surface area contributed by atoms with E-state index in [1.807, 2.05) is 0 Å². The molecule has 0 atom stereocenters. The first kappa shape index (κ1) is 13.9. The summed E-state index contributed by atoms with van der Waals surface area (Å²) in [5.74, 6) is -1.12. The zero-order chi connectivity index (χ0) is 13.7. The number of pyridine rings is 1. The van der Waals surface area contributed by atoms with E-state index in [1.165, 1.54) is 37.9 Å². The Labute approximate surface area is 113 Å². The van der Waals surface area contributed by atoms with E-state index >= 15 is 0 Å². The third-order valence-electron chi connectivity index (χ3n) is 3.70. The van der Waals surface area contributed by atoms with Crippen molar-refractivity contribution in [2.75, 3.05) is 20.1 Å². The molecule has 0 aromatic carbocycles. The van der Waals surface area contributed by atoms with Crippen LogP contribution in [0.15, 0.2) is 18.3 Å². The molecule has 1 fully saturated rings. The molecular formula is C14H20FN3O. The van der Waals surface area contributed by atoms with E-state index in [4.69, 9.17) is 0 Å². The molecule has 0 bridgehead atoms. The summed E-state index contributed by atoms with van der Waals surface area (Å²) in [4.78, 5) is 17.5.